The summed E-state index contributed by atoms with van der Waals surface area (Å²) in [5, 5.41) is 4.79. The molecule has 0 spiro atoms. The van der Waals surface area contributed by atoms with Crippen molar-refractivity contribution in [1.82, 2.24) is 10.6 Å². The van der Waals surface area contributed by atoms with Crippen LogP contribution in [0.5, 0.6) is 11.5 Å². The van der Waals surface area contributed by atoms with Crippen LogP contribution in [0.3, 0.4) is 0 Å². The Kier molecular flexibility index (Phi) is 10.0. The molecule has 1 aliphatic heterocycles. The number of ether oxygens (including phenoxy) is 2. The lowest BCUT2D eigenvalue weighted by atomic mass is 10.1. The quantitative estimate of drug-likeness (QED) is 0.360. The van der Waals surface area contributed by atoms with Gasteiger partial charge in [0.05, 0.1) is 17.3 Å². The molecule has 0 saturated heterocycles. The molecular weight excluding hydrogens is 607 g/mol. The van der Waals surface area contributed by atoms with Crippen molar-refractivity contribution in [2.24, 2.45) is 0 Å². The number of benzene rings is 2. The van der Waals surface area contributed by atoms with Crippen molar-refractivity contribution >= 4 is 46.6 Å². The summed E-state index contributed by atoms with van der Waals surface area (Å²) in [6.45, 7) is 2.38. The summed E-state index contributed by atoms with van der Waals surface area (Å²) in [5.74, 6) is -9.17. The third-order valence-electron chi connectivity index (χ3n) is 5.51. The number of nitrogens with zero attached hydrogens (tertiary/aromatic N) is 1. The topological polar surface area (TPSA) is 97.0 Å². The summed E-state index contributed by atoms with van der Waals surface area (Å²) in [7, 11) is 0. The highest BCUT2D eigenvalue weighted by atomic mass is 35.5. The standard InChI is InChI=1S/C25H21Cl2F6N3O5/c1-13(35-21(37)12-40-15-3-4-16(27)17(28)9-15)6-7-34-23(39)20-11-36(18-8-14(26)2-5-19(18)41-20)22(38)10-24(29,30)25(31,32)33/h2-5,8-9,20H,1,6-7,10-12H2,(H,34,39)(H,35,37). The van der Waals surface area contributed by atoms with E-state index in [-0.39, 0.29) is 45.9 Å². The number of anilines is 1. The van der Waals surface area contributed by atoms with E-state index in [1.54, 1.807) is 0 Å². The van der Waals surface area contributed by atoms with Gasteiger partial charge >= 0.3 is 12.1 Å². The summed E-state index contributed by atoms with van der Waals surface area (Å²) >= 11 is 11.5. The number of carbonyl (C=O) groups is 3. The highest BCUT2D eigenvalue weighted by Crippen LogP contribution is 2.41. The molecule has 0 aliphatic carbocycles. The second-order valence-corrected chi connectivity index (χ2v) is 9.50. The van der Waals surface area contributed by atoms with Crippen LogP contribution >= 0.6 is 23.2 Å². The zero-order valence-corrected chi connectivity index (χ0v) is 22.3. The monoisotopic (exact) mass is 627 g/mol. The van der Waals surface area contributed by atoms with E-state index >= 15 is 0 Å². The average Bonchev–Trinajstić information content (AvgIpc) is 2.87. The first-order chi connectivity index (χ1) is 19.1. The van der Waals surface area contributed by atoms with Crippen molar-refractivity contribution in [2.45, 2.75) is 31.0 Å². The van der Waals surface area contributed by atoms with Gasteiger partial charge in [0.1, 0.15) is 23.7 Å². The molecule has 0 saturated carbocycles. The fraction of sp³-hybridized carbons (Fsp3) is 0.320. The van der Waals surface area contributed by atoms with E-state index < -0.39 is 61.3 Å². The van der Waals surface area contributed by atoms with Crippen LogP contribution in [0, 0.1) is 5.82 Å². The van der Waals surface area contributed by atoms with Crippen LogP contribution in [-0.4, -0.2) is 55.6 Å². The van der Waals surface area contributed by atoms with Crippen molar-refractivity contribution in [3.8, 4) is 11.5 Å². The zero-order valence-electron chi connectivity index (χ0n) is 20.8. The van der Waals surface area contributed by atoms with Gasteiger partial charge in [-0.3, -0.25) is 14.4 Å². The fourth-order valence-corrected chi connectivity index (χ4v) is 3.76. The van der Waals surface area contributed by atoms with Gasteiger partial charge in [0, 0.05) is 29.8 Å². The van der Waals surface area contributed by atoms with E-state index in [2.05, 4.69) is 17.2 Å². The first-order valence-corrected chi connectivity index (χ1v) is 12.4. The second-order valence-electron chi connectivity index (χ2n) is 8.66. The number of hydrogen-bond donors (Lipinski definition) is 2. The largest absolute Gasteiger partial charge is 0.484 e. The lowest BCUT2D eigenvalue weighted by Gasteiger charge is -2.35. The third-order valence-corrected chi connectivity index (χ3v) is 6.06. The van der Waals surface area contributed by atoms with Gasteiger partial charge in [-0.2, -0.15) is 22.0 Å². The van der Waals surface area contributed by atoms with Crippen LogP contribution < -0.4 is 25.0 Å². The third kappa shape index (κ3) is 8.43. The predicted octanol–water partition coefficient (Wildman–Crippen LogP) is 5.03. The van der Waals surface area contributed by atoms with E-state index in [9.17, 15) is 40.7 Å². The maximum absolute atomic E-state index is 13.6. The Morgan fingerprint density at radius 3 is 2.46 bits per heavy atom. The maximum Gasteiger partial charge on any atom is 0.453 e. The molecule has 41 heavy (non-hydrogen) atoms. The van der Waals surface area contributed by atoms with Crippen LogP contribution in [0.1, 0.15) is 12.8 Å². The number of halogens is 8. The van der Waals surface area contributed by atoms with Crippen LogP contribution in [0.25, 0.3) is 0 Å². The van der Waals surface area contributed by atoms with Gasteiger partial charge in [0.15, 0.2) is 12.7 Å². The minimum absolute atomic E-state index is 0.0203. The summed E-state index contributed by atoms with van der Waals surface area (Å²) in [5.41, 5.74) is -0.0129. The number of carbonyl (C=O) groups excluding carboxylic acids is 3. The molecule has 0 fully saturated rings. The number of nitrogens with one attached hydrogen (secondary N) is 2. The molecule has 16 heteroatoms. The van der Waals surface area contributed by atoms with Gasteiger partial charge in [-0.15, -0.1) is 0 Å². The highest BCUT2D eigenvalue weighted by molar-refractivity contribution is 6.31. The lowest BCUT2D eigenvalue weighted by Crippen LogP contribution is -2.52. The Morgan fingerprint density at radius 1 is 1.10 bits per heavy atom. The van der Waals surface area contributed by atoms with Crippen LogP contribution in [-0.2, 0) is 14.4 Å². The molecule has 1 aliphatic rings. The Balaban J connectivity index is 1.54. The Labute approximate surface area is 239 Å². The maximum atomic E-state index is 13.6. The van der Waals surface area contributed by atoms with Gasteiger partial charge in [-0.1, -0.05) is 29.8 Å². The lowest BCUT2D eigenvalue weighted by molar-refractivity contribution is -0.281. The minimum Gasteiger partial charge on any atom is -0.484 e. The van der Waals surface area contributed by atoms with Gasteiger partial charge in [0.2, 0.25) is 5.91 Å². The van der Waals surface area contributed by atoms with E-state index in [1.807, 2.05) is 0 Å². The van der Waals surface area contributed by atoms with Crippen LogP contribution in [0.4, 0.5) is 32.0 Å². The van der Waals surface area contributed by atoms with Gasteiger partial charge in [-0.05, 0) is 30.3 Å². The smallest absolute Gasteiger partial charge is 0.453 e. The second kappa shape index (κ2) is 12.9. The molecule has 1 atom stereocenters. The molecule has 2 N–H and O–H groups in total. The molecule has 0 aromatic heterocycles. The fourth-order valence-electron chi connectivity index (χ4n) is 3.48. The number of rotatable bonds is 10. The first kappa shape index (κ1) is 31.9. The van der Waals surface area contributed by atoms with Gasteiger partial charge in [-0.25, -0.2) is 4.39 Å². The number of alkyl halides is 5. The van der Waals surface area contributed by atoms with Crippen LogP contribution in [0.15, 0.2) is 48.7 Å². The van der Waals surface area contributed by atoms with E-state index in [0.29, 0.717) is 4.90 Å². The predicted molar refractivity (Wildman–Crippen MR) is 136 cm³/mol. The van der Waals surface area contributed by atoms with Crippen molar-refractivity contribution in [3.05, 3.63) is 64.5 Å². The molecule has 3 rings (SSSR count). The number of hydrogen-bond acceptors (Lipinski definition) is 5. The molecule has 0 radical (unpaired) electrons. The molecule has 3 amide bonds. The Hall–Kier alpha value is -3.65. The molecule has 222 valence electrons. The number of fused-ring (bicyclic) bond motifs is 1. The molecular formula is C25H21Cl2F6N3O5. The Morgan fingerprint density at radius 2 is 1.80 bits per heavy atom. The summed E-state index contributed by atoms with van der Waals surface area (Å²) < 4.78 is 89.3. The van der Waals surface area contributed by atoms with Crippen LogP contribution in [0.2, 0.25) is 10.0 Å². The number of amides is 3. The molecule has 1 heterocycles. The van der Waals surface area contributed by atoms with Gasteiger partial charge < -0.3 is 25.0 Å². The average molecular weight is 628 g/mol. The SMILES string of the molecule is C=C(CCNC(=O)C1CN(C(=O)CC(F)(F)C(F)(F)F)c2cc(Cl)ccc2O1)NC(=O)COc1ccc(Cl)c(F)c1. The van der Waals surface area contributed by atoms with E-state index in [1.165, 1.54) is 24.3 Å². The molecule has 0 bridgehead atoms. The van der Waals surface area contributed by atoms with Crippen molar-refractivity contribution in [1.29, 1.82) is 0 Å². The minimum atomic E-state index is -5.96. The van der Waals surface area contributed by atoms with Crippen molar-refractivity contribution in [3.63, 3.8) is 0 Å². The summed E-state index contributed by atoms with van der Waals surface area (Å²) in [6.07, 6.45) is -9.59. The molecule has 1 unspecified atom stereocenters. The van der Waals surface area contributed by atoms with Gasteiger partial charge in [0.25, 0.3) is 11.8 Å². The zero-order chi connectivity index (χ0) is 30.5. The van der Waals surface area contributed by atoms with E-state index in [4.69, 9.17) is 32.7 Å². The molecule has 2 aromatic carbocycles. The first-order valence-electron chi connectivity index (χ1n) is 11.6. The summed E-state index contributed by atoms with van der Waals surface area (Å²) in [4.78, 5) is 37.8. The van der Waals surface area contributed by atoms with Crippen molar-refractivity contribution in [2.75, 3.05) is 24.6 Å². The normalized spacial score (nSPS) is 14.9. The van der Waals surface area contributed by atoms with E-state index in [0.717, 1.165) is 12.1 Å². The molecule has 2 aromatic rings. The van der Waals surface area contributed by atoms with Crippen molar-refractivity contribution < 1.29 is 50.2 Å². The highest BCUT2D eigenvalue weighted by Gasteiger charge is 2.59. The molecule has 8 nitrogen and oxygen atoms in total. The Bertz CT molecular complexity index is 1340. The summed E-state index contributed by atoms with van der Waals surface area (Å²) in [6, 6.07) is 7.29.